The molecule has 0 spiro atoms. The number of hydrogen-bond acceptors (Lipinski definition) is 2. The predicted molar refractivity (Wildman–Crippen MR) is 63.5 cm³/mol. The zero-order valence-corrected chi connectivity index (χ0v) is 9.56. The normalized spacial score (nSPS) is 29.1. The van der Waals surface area contributed by atoms with E-state index in [1.807, 2.05) is 0 Å². The average molecular weight is 236 g/mol. The second-order valence-corrected chi connectivity index (χ2v) is 4.23. The third-order valence-electron chi connectivity index (χ3n) is 3.72. The van der Waals surface area contributed by atoms with Gasteiger partial charge in [0.25, 0.3) is 0 Å². The van der Waals surface area contributed by atoms with Crippen LogP contribution in [0.1, 0.15) is 12.8 Å². The lowest BCUT2D eigenvalue weighted by Gasteiger charge is -2.13. The van der Waals surface area contributed by atoms with Gasteiger partial charge in [0, 0.05) is 11.3 Å². The Morgan fingerprint density at radius 2 is 1.65 bits per heavy atom. The summed E-state index contributed by atoms with van der Waals surface area (Å²) in [6.07, 6.45) is 5.13. The third kappa shape index (κ3) is 1.37. The van der Waals surface area contributed by atoms with E-state index in [0.29, 0.717) is 6.42 Å². The number of carbonyl (C=O) groups is 2. The molecule has 92 valence electrons. The first kappa shape index (κ1) is 13.2. The number of rotatable bonds is 7. The lowest BCUT2D eigenvalue weighted by molar-refractivity contribution is -0.159. The smallest absolute Gasteiger partial charge is 0.322 e. The molecule has 4 nitrogen and oxygen atoms in total. The molecule has 0 saturated heterocycles. The average Bonchev–Trinajstić information content (AvgIpc) is 2.83. The summed E-state index contributed by atoms with van der Waals surface area (Å²) in [4.78, 5) is 22.7. The van der Waals surface area contributed by atoms with E-state index in [2.05, 4.69) is 19.7 Å². The molecule has 2 unspecified atom stereocenters. The standard InChI is InChI=1S/C13H16O4/c1-4-7-9-12(6-3,8-5-2)13(9,10(14)15)11(16)17/h4-6,9H,1-3,7-8H2,(H,14,15)(H,16,17). The van der Waals surface area contributed by atoms with Crippen LogP contribution in [0.5, 0.6) is 0 Å². The Balaban J connectivity index is 3.32. The van der Waals surface area contributed by atoms with Crippen LogP contribution in [0.3, 0.4) is 0 Å². The zero-order chi connectivity index (χ0) is 13.3. The highest BCUT2D eigenvalue weighted by molar-refractivity contribution is 6.04. The minimum absolute atomic E-state index is 0.285. The highest BCUT2D eigenvalue weighted by Crippen LogP contribution is 2.73. The van der Waals surface area contributed by atoms with E-state index in [4.69, 9.17) is 0 Å². The molecule has 2 atom stereocenters. The van der Waals surface area contributed by atoms with Gasteiger partial charge < -0.3 is 10.2 Å². The summed E-state index contributed by atoms with van der Waals surface area (Å²) in [6.45, 7) is 10.7. The number of carboxylic acids is 2. The molecule has 0 amide bonds. The molecule has 0 aliphatic heterocycles. The number of hydrogen-bond donors (Lipinski definition) is 2. The Hall–Kier alpha value is -1.84. The van der Waals surface area contributed by atoms with Crippen molar-refractivity contribution >= 4 is 11.9 Å². The monoisotopic (exact) mass is 236 g/mol. The van der Waals surface area contributed by atoms with Crippen molar-refractivity contribution in [1.29, 1.82) is 0 Å². The van der Waals surface area contributed by atoms with Crippen LogP contribution in [0.15, 0.2) is 38.0 Å². The van der Waals surface area contributed by atoms with Crippen molar-refractivity contribution in [2.45, 2.75) is 12.8 Å². The van der Waals surface area contributed by atoms with Gasteiger partial charge in [0.15, 0.2) is 5.41 Å². The van der Waals surface area contributed by atoms with E-state index in [9.17, 15) is 19.8 Å². The largest absolute Gasteiger partial charge is 0.480 e. The lowest BCUT2D eigenvalue weighted by Crippen LogP contribution is -2.31. The van der Waals surface area contributed by atoms with Crippen LogP contribution < -0.4 is 0 Å². The highest BCUT2D eigenvalue weighted by atomic mass is 16.4. The molecule has 1 rings (SSSR count). The third-order valence-corrected chi connectivity index (χ3v) is 3.72. The Labute approximate surface area is 100.0 Å². The Morgan fingerprint density at radius 1 is 1.12 bits per heavy atom. The lowest BCUT2D eigenvalue weighted by atomic mass is 9.89. The van der Waals surface area contributed by atoms with Crippen LogP contribution in [0.4, 0.5) is 0 Å². The fourth-order valence-corrected chi connectivity index (χ4v) is 2.91. The molecule has 1 saturated carbocycles. The minimum Gasteiger partial charge on any atom is -0.480 e. The maximum atomic E-state index is 11.4. The van der Waals surface area contributed by atoms with Crippen molar-refractivity contribution in [3.63, 3.8) is 0 Å². The summed E-state index contributed by atoms with van der Waals surface area (Å²) < 4.78 is 0. The van der Waals surface area contributed by atoms with Crippen molar-refractivity contribution < 1.29 is 19.8 Å². The van der Waals surface area contributed by atoms with Gasteiger partial charge in [-0.15, -0.1) is 19.7 Å². The van der Waals surface area contributed by atoms with Crippen LogP contribution >= 0.6 is 0 Å². The molecule has 4 heteroatoms. The van der Waals surface area contributed by atoms with Crippen LogP contribution in [-0.2, 0) is 9.59 Å². The Morgan fingerprint density at radius 3 is 1.94 bits per heavy atom. The van der Waals surface area contributed by atoms with E-state index >= 15 is 0 Å². The molecule has 0 aromatic carbocycles. The summed E-state index contributed by atoms with van der Waals surface area (Å²) in [5, 5.41) is 18.5. The van der Waals surface area contributed by atoms with Crippen molar-refractivity contribution in [3.8, 4) is 0 Å². The van der Waals surface area contributed by atoms with Crippen molar-refractivity contribution in [3.05, 3.63) is 38.0 Å². The van der Waals surface area contributed by atoms with Gasteiger partial charge in [-0.25, -0.2) is 0 Å². The van der Waals surface area contributed by atoms with Crippen molar-refractivity contribution in [2.75, 3.05) is 0 Å². The summed E-state index contributed by atoms with van der Waals surface area (Å²) in [6, 6.07) is 0. The molecular weight excluding hydrogens is 220 g/mol. The van der Waals surface area contributed by atoms with Crippen LogP contribution in [-0.4, -0.2) is 22.2 Å². The van der Waals surface area contributed by atoms with E-state index in [1.54, 1.807) is 6.08 Å². The molecule has 0 aromatic rings. The fourth-order valence-electron chi connectivity index (χ4n) is 2.91. The molecule has 0 heterocycles. The minimum atomic E-state index is -1.79. The van der Waals surface area contributed by atoms with E-state index in [0.717, 1.165) is 0 Å². The van der Waals surface area contributed by atoms with Gasteiger partial charge in [-0.2, -0.15) is 0 Å². The first-order valence-electron chi connectivity index (χ1n) is 5.27. The first-order chi connectivity index (χ1) is 7.95. The fraction of sp³-hybridized carbons (Fsp3) is 0.385. The van der Waals surface area contributed by atoms with Gasteiger partial charge in [-0.1, -0.05) is 18.2 Å². The van der Waals surface area contributed by atoms with Crippen molar-refractivity contribution in [1.82, 2.24) is 0 Å². The SMILES string of the molecule is C=CCC1C(C=C)(CC=C)C1(C(=O)O)C(=O)O. The zero-order valence-electron chi connectivity index (χ0n) is 9.56. The molecule has 2 N–H and O–H groups in total. The quantitative estimate of drug-likeness (QED) is 0.524. The van der Waals surface area contributed by atoms with Gasteiger partial charge in [0.1, 0.15) is 0 Å². The highest BCUT2D eigenvalue weighted by Gasteiger charge is 2.82. The molecule has 1 aliphatic carbocycles. The van der Waals surface area contributed by atoms with Gasteiger partial charge >= 0.3 is 11.9 Å². The molecular formula is C13H16O4. The summed E-state index contributed by atoms with van der Waals surface area (Å²) in [7, 11) is 0. The molecule has 0 bridgehead atoms. The molecule has 1 fully saturated rings. The maximum Gasteiger partial charge on any atom is 0.322 e. The Bertz CT molecular complexity index is 382. The molecule has 17 heavy (non-hydrogen) atoms. The van der Waals surface area contributed by atoms with Crippen LogP contribution in [0.2, 0.25) is 0 Å². The van der Waals surface area contributed by atoms with E-state index in [1.165, 1.54) is 12.2 Å². The number of aliphatic carboxylic acids is 2. The van der Waals surface area contributed by atoms with E-state index in [-0.39, 0.29) is 6.42 Å². The summed E-state index contributed by atoms with van der Waals surface area (Å²) >= 11 is 0. The molecule has 0 aromatic heterocycles. The number of carboxylic acid groups (broad SMARTS) is 2. The molecule has 0 radical (unpaired) electrons. The topological polar surface area (TPSA) is 74.6 Å². The van der Waals surface area contributed by atoms with Gasteiger partial charge in [0.2, 0.25) is 0 Å². The summed E-state index contributed by atoms with van der Waals surface area (Å²) in [5.74, 6) is -3.16. The van der Waals surface area contributed by atoms with Crippen LogP contribution in [0, 0.1) is 16.7 Å². The number of allylic oxidation sites excluding steroid dienone is 3. The van der Waals surface area contributed by atoms with Crippen LogP contribution in [0.25, 0.3) is 0 Å². The van der Waals surface area contributed by atoms with Gasteiger partial charge in [-0.3, -0.25) is 9.59 Å². The predicted octanol–water partition coefficient (Wildman–Crippen LogP) is 2.10. The Kier molecular flexibility index (Phi) is 3.27. The van der Waals surface area contributed by atoms with E-state index < -0.39 is 28.7 Å². The second-order valence-electron chi connectivity index (χ2n) is 4.23. The molecule has 1 aliphatic rings. The van der Waals surface area contributed by atoms with Gasteiger partial charge in [0.05, 0.1) is 0 Å². The van der Waals surface area contributed by atoms with Gasteiger partial charge in [-0.05, 0) is 12.8 Å². The maximum absolute atomic E-state index is 11.4. The first-order valence-corrected chi connectivity index (χ1v) is 5.27. The summed E-state index contributed by atoms with van der Waals surface area (Å²) in [5.41, 5.74) is -2.75. The second kappa shape index (κ2) is 4.20. The van der Waals surface area contributed by atoms with Crippen molar-refractivity contribution in [2.24, 2.45) is 16.7 Å².